The Balaban J connectivity index is 1.31. The number of methoxy groups -OCH3 is 4. The summed E-state index contributed by atoms with van der Waals surface area (Å²) >= 11 is 0. The molecular weight excluding hydrogens is 662 g/mol. The molecule has 0 fully saturated rings. The molecule has 0 aromatic heterocycles. The number of hydrogen-bond acceptors (Lipinski definition) is 9. The van der Waals surface area contributed by atoms with Gasteiger partial charge in [-0.25, -0.2) is 0 Å². The number of hydrogen-bond donors (Lipinski definition) is 0. The minimum absolute atomic E-state index is 0.0974. The van der Waals surface area contributed by atoms with E-state index in [4.69, 9.17) is 28.4 Å². The van der Waals surface area contributed by atoms with E-state index in [0.717, 1.165) is 16.0 Å². The van der Waals surface area contributed by atoms with Gasteiger partial charge in [0.25, 0.3) is 11.8 Å². The van der Waals surface area contributed by atoms with Gasteiger partial charge in [-0.2, -0.15) is 0 Å². The van der Waals surface area contributed by atoms with Crippen molar-refractivity contribution in [1.82, 2.24) is 4.90 Å². The number of ether oxygens (including phenoxy) is 6. The average molecular weight is 700 g/mol. The van der Waals surface area contributed by atoms with E-state index in [1.807, 2.05) is 60.7 Å². The van der Waals surface area contributed by atoms with Crippen LogP contribution in [0.4, 0.5) is 0 Å². The fraction of sp³-hybridized carbons (Fsp3) is 0.167. The van der Waals surface area contributed by atoms with Crippen molar-refractivity contribution in [1.29, 1.82) is 0 Å². The van der Waals surface area contributed by atoms with Crippen molar-refractivity contribution >= 4 is 28.7 Å². The number of nitrogens with zero attached hydrogens (tertiary/aromatic N) is 1. The smallest absolute Gasteiger partial charge is 0.262 e. The summed E-state index contributed by atoms with van der Waals surface area (Å²) in [5.41, 5.74) is 3.19. The van der Waals surface area contributed by atoms with E-state index in [1.165, 1.54) is 34.5 Å². The number of ketones is 1. The lowest BCUT2D eigenvalue weighted by atomic mass is 9.95. The van der Waals surface area contributed by atoms with Crippen molar-refractivity contribution in [3.63, 3.8) is 0 Å². The lowest BCUT2D eigenvalue weighted by Gasteiger charge is -2.16. The second-order valence-electron chi connectivity index (χ2n) is 11.7. The van der Waals surface area contributed by atoms with Crippen molar-refractivity contribution < 1.29 is 42.8 Å². The fourth-order valence-corrected chi connectivity index (χ4v) is 5.86. The predicted octanol–water partition coefficient (Wildman–Crippen LogP) is 7.04. The van der Waals surface area contributed by atoms with Crippen LogP contribution >= 0.6 is 0 Å². The Bertz CT molecular complexity index is 2130. The Morgan fingerprint density at radius 2 is 0.923 bits per heavy atom. The van der Waals surface area contributed by atoms with Gasteiger partial charge in [-0.05, 0) is 64.7 Å². The van der Waals surface area contributed by atoms with Crippen LogP contribution in [0.3, 0.4) is 0 Å². The molecule has 5 aromatic rings. The van der Waals surface area contributed by atoms with Crippen LogP contribution < -0.4 is 28.4 Å². The number of carbonyl (C=O) groups is 3. The van der Waals surface area contributed by atoms with Crippen LogP contribution in [0.25, 0.3) is 11.1 Å². The second kappa shape index (κ2) is 16.0. The molecule has 1 aliphatic heterocycles. The molecule has 0 bridgehead atoms. The van der Waals surface area contributed by atoms with Crippen LogP contribution in [-0.2, 0) is 22.8 Å². The first-order valence-corrected chi connectivity index (χ1v) is 16.4. The number of rotatable bonds is 15. The molecule has 0 atom stereocenters. The molecule has 1 heterocycles. The van der Waals surface area contributed by atoms with Crippen LogP contribution in [-0.4, -0.2) is 57.5 Å². The van der Waals surface area contributed by atoms with Gasteiger partial charge >= 0.3 is 0 Å². The first kappa shape index (κ1) is 35.3. The Morgan fingerprint density at radius 3 is 1.40 bits per heavy atom. The number of Topliss-reactive ketones (excluding diaryl/α,β-unsaturated/α-hetero) is 1. The highest BCUT2D eigenvalue weighted by Gasteiger charge is 2.41. The monoisotopic (exact) mass is 699 g/mol. The molecule has 5 aromatic carbocycles. The summed E-state index contributed by atoms with van der Waals surface area (Å²) in [5.74, 6) is 0.672. The average Bonchev–Trinajstić information content (AvgIpc) is 3.44. The van der Waals surface area contributed by atoms with Gasteiger partial charge in [-0.15, -0.1) is 0 Å². The van der Waals surface area contributed by atoms with Crippen molar-refractivity contribution in [3.05, 3.63) is 143 Å². The maximum Gasteiger partial charge on any atom is 0.262 e. The quantitative estimate of drug-likeness (QED) is 0.0840. The third-order valence-corrected chi connectivity index (χ3v) is 8.55. The zero-order chi connectivity index (χ0) is 36.6. The van der Waals surface area contributed by atoms with Gasteiger partial charge in [0.2, 0.25) is 0 Å². The van der Waals surface area contributed by atoms with Gasteiger partial charge in [0.15, 0.2) is 40.3 Å². The Labute approximate surface area is 301 Å². The summed E-state index contributed by atoms with van der Waals surface area (Å²) in [6.07, 6.45) is 0. The SMILES string of the molecule is COc1ccc(C2=C(c3ccc(OCc4ccccc4)c(OC)c3)C(=O)N(CC(=O)c3ccc(OCc4ccccc4)c(OC)c3)C2=O)cc1OC. The van der Waals surface area contributed by atoms with E-state index in [9.17, 15) is 14.4 Å². The summed E-state index contributed by atoms with van der Waals surface area (Å²) in [7, 11) is 5.96. The van der Waals surface area contributed by atoms with Crippen molar-refractivity contribution in [2.24, 2.45) is 0 Å². The third kappa shape index (κ3) is 7.46. The lowest BCUT2D eigenvalue weighted by Crippen LogP contribution is -2.36. The molecule has 1 aliphatic rings. The summed E-state index contributed by atoms with van der Waals surface area (Å²) in [4.78, 5) is 43.1. The van der Waals surface area contributed by atoms with Gasteiger partial charge in [0.1, 0.15) is 13.2 Å². The number of benzene rings is 5. The molecule has 2 amide bonds. The van der Waals surface area contributed by atoms with Gasteiger partial charge < -0.3 is 28.4 Å². The summed E-state index contributed by atoms with van der Waals surface area (Å²) in [5, 5.41) is 0. The Kier molecular flexibility index (Phi) is 10.8. The first-order valence-electron chi connectivity index (χ1n) is 16.4. The van der Waals surface area contributed by atoms with Crippen LogP contribution in [0, 0.1) is 0 Å². The van der Waals surface area contributed by atoms with E-state index >= 15 is 0 Å². The second-order valence-corrected chi connectivity index (χ2v) is 11.7. The number of carbonyl (C=O) groups excluding carboxylic acids is 3. The zero-order valence-corrected chi connectivity index (χ0v) is 29.2. The van der Waals surface area contributed by atoms with Crippen LogP contribution in [0.15, 0.2) is 115 Å². The molecule has 0 saturated carbocycles. The van der Waals surface area contributed by atoms with E-state index < -0.39 is 24.1 Å². The highest BCUT2D eigenvalue weighted by molar-refractivity contribution is 6.49. The molecule has 10 nitrogen and oxygen atoms in total. The Morgan fingerprint density at radius 1 is 0.500 bits per heavy atom. The molecule has 52 heavy (non-hydrogen) atoms. The van der Waals surface area contributed by atoms with Crippen LogP contribution in [0.1, 0.15) is 32.6 Å². The predicted molar refractivity (Wildman–Crippen MR) is 195 cm³/mol. The molecular formula is C42H37NO9. The highest BCUT2D eigenvalue weighted by atomic mass is 16.5. The molecule has 0 N–H and O–H groups in total. The summed E-state index contributed by atoms with van der Waals surface area (Å²) in [6, 6.07) is 34.0. The number of amides is 2. The zero-order valence-electron chi connectivity index (χ0n) is 29.2. The third-order valence-electron chi connectivity index (χ3n) is 8.55. The molecule has 10 heteroatoms. The molecule has 0 spiro atoms. The molecule has 0 radical (unpaired) electrons. The van der Waals surface area contributed by atoms with Crippen molar-refractivity contribution in [2.45, 2.75) is 13.2 Å². The summed E-state index contributed by atoms with van der Waals surface area (Å²) in [6.45, 7) is 0.0919. The number of imide groups is 1. The standard InChI is InChI=1S/C42H37NO9/c1-47-33-18-16-30(22-36(33)48-2)39-40(31-17-20-35(38(23-31)50-4)52-26-28-13-9-6-10-14-28)42(46)43(41(39)45)24-32(44)29-15-19-34(37(21-29)49-3)51-25-27-11-7-5-8-12-27/h5-23H,24-26H2,1-4H3. The fourth-order valence-electron chi connectivity index (χ4n) is 5.86. The van der Waals surface area contributed by atoms with Gasteiger partial charge in [-0.3, -0.25) is 19.3 Å². The minimum atomic E-state index is -0.641. The van der Waals surface area contributed by atoms with Gasteiger partial charge in [0.05, 0.1) is 46.1 Å². The maximum atomic E-state index is 14.3. The first-order chi connectivity index (χ1) is 25.3. The molecule has 6 rings (SSSR count). The summed E-state index contributed by atoms with van der Waals surface area (Å²) < 4.78 is 34.1. The van der Waals surface area contributed by atoms with Crippen LogP contribution in [0.2, 0.25) is 0 Å². The molecule has 264 valence electrons. The van der Waals surface area contributed by atoms with E-state index in [1.54, 1.807) is 48.5 Å². The van der Waals surface area contributed by atoms with E-state index in [0.29, 0.717) is 58.8 Å². The molecule has 0 saturated heterocycles. The maximum absolute atomic E-state index is 14.3. The molecule has 0 unspecified atom stereocenters. The van der Waals surface area contributed by atoms with Crippen LogP contribution in [0.5, 0.6) is 34.5 Å². The van der Waals surface area contributed by atoms with Gasteiger partial charge in [-0.1, -0.05) is 72.8 Å². The Hall–Kier alpha value is -6.55. The van der Waals surface area contributed by atoms with E-state index in [2.05, 4.69) is 0 Å². The van der Waals surface area contributed by atoms with Crippen molar-refractivity contribution in [2.75, 3.05) is 35.0 Å². The van der Waals surface area contributed by atoms with E-state index in [-0.39, 0.29) is 16.7 Å². The highest BCUT2D eigenvalue weighted by Crippen LogP contribution is 2.41. The lowest BCUT2D eigenvalue weighted by molar-refractivity contribution is -0.135. The van der Waals surface area contributed by atoms with Gasteiger partial charge in [0, 0.05) is 5.56 Å². The minimum Gasteiger partial charge on any atom is -0.493 e. The topological polar surface area (TPSA) is 110 Å². The largest absolute Gasteiger partial charge is 0.493 e. The normalized spacial score (nSPS) is 12.5. The van der Waals surface area contributed by atoms with Crippen molar-refractivity contribution in [3.8, 4) is 34.5 Å². The molecule has 0 aliphatic carbocycles.